The molecule has 0 aliphatic carbocycles. The van der Waals surface area contributed by atoms with E-state index >= 15 is 0 Å². The minimum atomic E-state index is -10.5. The van der Waals surface area contributed by atoms with Gasteiger partial charge in [-0.15, -0.1) is 31.1 Å². The first-order valence-corrected chi connectivity index (χ1v) is 9.96. The molecule has 0 saturated heterocycles. The lowest BCUT2D eigenvalue weighted by Gasteiger charge is -2.45. The molecule has 0 atom stereocenters. The van der Waals surface area contributed by atoms with Crippen molar-refractivity contribution in [2.45, 2.75) is 9.79 Å². The number of halogens is 14. The van der Waals surface area contributed by atoms with E-state index in [2.05, 4.69) is 21.4 Å². The predicted octanol–water partition coefficient (Wildman–Crippen LogP) is 8.10. The van der Waals surface area contributed by atoms with Crippen LogP contribution in [0.4, 0.5) is 48.6 Å². The van der Waals surface area contributed by atoms with E-state index in [9.17, 15) is 48.6 Å². The Labute approximate surface area is 121 Å². The number of rotatable bonds is 2. The van der Waals surface area contributed by atoms with Crippen LogP contribution in [0.25, 0.3) is 0 Å². The van der Waals surface area contributed by atoms with Gasteiger partial charge < -0.3 is 0 Å². The second-order valence-corrected chi connectivity index (χ2v) is 12.3. The Morgan fingerprint density at radius 1 is 0.455 bits per heavy atom. The zero-order chi connectivity index (χ0) is 18.3. The molecule has 0 aliphatic rings. The van der Waals surface area contributed by atoms with Crippen molar-refractivity contribution >= 4 is 39.5 Å². The van der Waals surface area contributed by atoms with E-state index in [-0.39, 0.29) is 0 Å². The molecule has 0 nitrogen and oxygen atoms in total. The second-order valence-electron chi connectivity index (χ2n) is 3.85. The van der Waals surface area contributed by atoms with Crippen molar-refractivity contribution in [1.29, 1.82) is 0 Å². The highest BCUT2D eigenvalue weighted by atomic mass is 35.7. The highest BCUT2D eigenvalue weighted by Crippen LogP contribution is 3.07. The van der Waals surface area contributed by atoms with Gasteiger partial charge in [0.1, 0.15) is 0 Å². The lowest BCUT2D eigenvalue weighted by atomic mass is 10.3. The van der Waals surface area contributed by atoms with E-state index in [1.54, 1.807) is 0 Å². The Balaban J connectivity index is 4.20. The van der Waals surface area contributed by atoms with Crippen molar-refractivity contribution in [2.24, 2.45) is 0 Å². The van der Waals surface area contributed by atoms with Gasteiger partial charge >= 0.3 is 0 Å². The van der Waals surface area contributed by atoms with E-state index in [0.717, 1.165) is 0 Å². The molecule has 0 heterocycles. The van der Waals surface area contributed by atoms with Crippen molar-refractivity contribution in [2.75, 3.05) is 0 Å². The van der Waals surface area contributed by atoms with Gasteiger partial charge in [-0.3, -0.25) is 0 Å². The number of hydrogen-bond donors (Lipinski definition) is 0. The zero-order valence-corrected chi connectivity index (χ0v) is 12.3. The van der Waals surface area contributed by atoms with E-state index in [1.807, 2.05) is 0 Å². The Morgan fingerprint density at radius 2 is 0.591 bits per heavy atom. The first kappa shape index (κ1) is 19.7. The summed E-state index contributed by atoms with van der Waals surface area (Å²) in [6.45, 7) is 0. The van der Waals surface area contributed by atoms with Crippen LogP contribution < -0.4 is 0 Å². The van der Waals surface area contributed by atoms with Gasteiger partial charge in [-0.25, -0.2) is 17.6 Å². The second kappa shape index (κ2) is 3.52. The van der Waals surface area contributed by atoms with Crippen molar-refractivity contribution in [3.8, 4) is 0 Å². The number of hydrogen-bond acceptors (Lipinski definition) is 0. The first-order chi connectivity index (χ1) is 8.86. The summed E-state index contributed by atoms with van der Waals surface area (Å²) in [5.41, 5.74) is 0. The van der Waals surface area contributed by atoms with Crippen molar-refractivity contribution in [3.63, 3.8) is 0 Å². The maximum atomic E-state index is 13.1. The Bertz CT molecular complexity index is 595. The molecular formula is C6Cl2F12S2. The summed E-state index contributed by atoms with van der Waals surface area (Å²) in [4.78, 5) is -8.17. The molecule has 0 aromatic heterocycles. The van der Waals surface area contributed by atoms with Gasteiger partial charge in [0.15, 0.2) is 33.1 Å². The van der Waals surface area contributed by atoms with Gasteiger partial charge in [0.05, 0.1) is 0 Å². The third kappa shape index (κ3) is 3.59. The lowest BCUT2D eigenvalue weighted by molar-refractivity contribution is 0.354. The maximum Gasteiger partial charge on any atom is 0.259 e. The van der Waals surface area contributed by atoms with Crippen LogP contribution >= 0.6 is 39.5 Å². The molecule has 0 fully saturated rings. The summed E-state index contributed by atoms with van der Waals surface area (Å²) in [6.07, 6.45) is 0. The molecule has 22 heavy (non-hydrogen) atoms. The minimum absolute atomic E-state index is 3.40. The molecule has 1 rings (SSSR count). The fourth-order valence-electron chi connectivity index (χ4n) is 1.27. The molecule has 0 N–H and O–H groups in total. The molecule has 1 aromatic carbocycles. The van der Waals surface area contributed by atoms with Gasteiger partial charge in [0, 0.05) is 21.4 Å². The predicted molar refractivity (Wildman–Crippen MR) is 58.6 cm³/mol. The standard InChI is InChI=1S/C6Cl2F12S2/c7-21(13,14,15,16)5-1(9)2(10)6(4(12)3(5)11)22(8,17,18,19)20. The quantitative estimate of drug-likeness (QED) is 0.325. The van der Waals surface area contributed by atoms with Crippen LogP contribution in [0.15, 0.2) is 9.79 Å². The Morgan fingerprint density at radius 3 is 0.682 bits per heavy atom. The fourth-order valence-corrected chi connectivity index (χ4v) is 3.79. The van der Waals surface area contributed by atoms with Gasteiger partial charge in [-0.1, -0.05) is 0 Å². The third-order valence-electron chi connectivity index (χ3n) is 1.95. The van der Waals surface area contributed by atoms with Crippen molar-refractivity contribution in [1.82, 2.24) is 0 Å². The van der Waals surface area contributed by atoms with Crippen LogP contribution in [-0.2, 0) is 0 Å². The summed E-state index contributed by atoms with van der Waals surface area (Å²) >= 11 is 0. The van der Waals surface area contributed by atoms with Crippen molar-refractivity contribution < 1.29 is 48.6 Å². The SMILES string of the molecule is Fc1c(F)c(S(F)(F)(F)(F)Cl)c(F)c(F)c1S(F)(F)(F)(F)Cl. The van der Waals surface area contributed by atoms with E-state index in [0.29, 0.717) is 0 Å². The van der Waals surface area contributed by atoms with Gasteiger partial charge in [-0.2, -0.15) is 0 Å². The monoisotopic (exact) mass is 434 g/mol. The molecule has 0 unspecified atom stereocenters. The molecule has 0 spiro atoms. The van der Waals surface area contributed by atoms with Crippen LogP contribution in [-0.4, -0.2) is 0 Å². The van der Waals surface area contributed by atoms with Crippen LogP contribution in [0.2, 0.25) is 0 Å². The lowest BCUT2D eigenvalue weighted by Crippen LogP contribution is -2.19. The molecule has 0 amide bonds. The molecule has 0 saturated carbocycles. The summed E-state index contributed by atoms with van der Waals surface area (Å²) in [7, 11) is -14.2. The third-order valence-corrected chi connectivity index (χ3v) is 5.14. The Kier molecular flexibility index (Phi) is 3.15. The highest BCUT2D eigenvalue weighted by molar-refractivity contribution is 8.66. The zero-order valence-electron chi connectivity index (χ0n) is 9.11. The van der Waals surface area contributed by atoms with E-state index in [1.165, 1.54) is 0 Å². The van der Waals surface area contributed by atoms with Gasteiger partial charge in [0.25, 0.3) is 18.1 Å². The molecule has 1 aromatic rings. The molecule has 0 bridgehead atoms. The maximum absolute atomic E-state index is 13.1. The topological polar surface area (TPSA) is 0 Å². The smallest absolute Gasteiger partial charge is 0.202 e. The normalized spacial score (nSPS) is 19.9. The summed E-state index contributed by atoms with van der Waals surface area (Å²) in [6, 6.07) is 0. The largest absolute Gasteiger partial charge is 0.259 e. The van der Waals surface area contributed by atoms with Crippen LogP contribution in [0.5, 0.6) is 0 Å². The first-order valence-electron chi connectivity index (χ1n) is 4.21. The van der Waals surface area contributed by atoms with E-state index < -0.39 is 51.2 Å². The summed E-state index contributed by atoms with van der Waals surface area (Å²) in [5.74, 6) is -15.7. The molecular weight excluding hydrogens is 435 g/mol. The van der Waals surface area contributed by atoms with Crippen molar-refractivity contribution in [3.05, 3.63) is 23.3 Å². The molecule has 0 aliphatic heterocycles. The Hall–Kier alpha value is -0.340. The average molecular weight is 435 g/mol. The number of benzene rings is 1. The van der Waals surface area contributed by atoms with Gasteiger partial charge in [0.2, 0.25) is 0 Å². The molecule has 16 heteroatoms. The molecule has 0 radical (unpaired) electrons. The van der Waals surface area contributed by atoms with Crippen LogP contribution in [0.3, 0.4) is 0 Å². The van der Waals surface area contributed by atoms with Crippen LogP contribution in [0, 0.1) is 23.3 Å². The summed E-state index contributed by atoms with van der Waals surface area (Å²) < 4.78 is 154. The minimum Gasteiger partial charge on any atom is -0.202 e. The summed E-state index contributed by atoms with van der Waals surface area (Å²) in [5, 5.41) is 0. The molecule has 134 valence electrons. The average Bonchev–Trinajstić information content (AvgIpc) is 2.05. The van der Waals surface area contributed by atoms with Crippen LogP contribution in [0.1, 0.15) is 0 Å². The van der Waals surface area contributed by atoms with E-state index in [4.69, 9.17) is 0 Å². The highest BCUT2D eigenvalue weighted by Gasteiger charge is 2.72. The fraction of sp³-hybridized carbons (Fsp3) is 0. The van der Waals surface area contributed by atoms with Gasteiger partial charge in [-0.05, 0) is 0 Å².